The quantitative estimate of drug-likeness (QED) is 0.869. The van der Waals surface area contributed by atoms with E-state index in [9.17, 15) is 5.11 Å². The first kappa shape index (κ1) is 10.6. The summed E-state index contributed by atoms with van der Waals surface area (Å²) in [5, 5.41) is 15.8. The van der Waals surface area contributed by atoms with E-state index in [4.69, 9.17) is 0 Å². The Balaban J connectivity index is 2.22. The second-order valence-electron chi connectivity index (χ2n) is 3.93. The Labute approximate surface area is 96.5 Å². The third kappa shape index (κ3) is 1.89. The minimum Gasteiger partial charge on any atom is -0.383 e. The average molecular weight is 276 g/mol. The van der Waals surface area contributed by atoms with Crippen LogP contribution >= 0.6 is 27.3 Å². The zero-order valence-corrected chi connectivity index (χ0v) is 10.5. The molecule has 0 spiro atoms. The first-order valence-corrected chi connectivity index (χ1v) is 6.48. The molecular weight excluding hydrogens is 262 g/mol. The summed E-state index contributed by atoms with van der Waals surface area (Å²) in [5.41, 5.74) is -0.729. The number of halogens is 1. The van der Waals surface area contributed by atoms with Crippen LogP contribution in [0.15, 0.2) is 15.9 Å². The predicted molar refractivity (Wildman–Crippen MR) is 62.6 cm³/mol. The van der Waals surface area contributed by atoms with Gasteiger partial charge in [0, 0.05) is 20.8 Å². The normalized spacial score (nSPS) is 26.4. The van der Waals surface area contributed by atoms with Crippen molar-refractivity contribution in [2.45, 2.75) is 31.4 Å². The van der Waals surface area contributed by atoms with Crippen LogP contribution in [0.3, 0.4) is 0 Å². The van der Waals surface area contributed by atoms with Crippen LogP contribution in [0.25, 0.3) is 0 Å². The van der Waals surface area contributed by atoms with Crippen LogP contribution in [0, 0.1) is 0 Å². The van der Waals surface area contributed by atoms with Crippen molar-refractivity contribution in [1.82, 2.24) is 5.32 Å². The molecule has 2 N–H and O–H groups in total. The lowest BCUT2D eigenvalue weighted by atomic mass is 9.93. The SMILES string of the molecule is CC(O)(c1cc(Br)cs1)C1CCCN1. The van der Waals surface area contributed by atoms with E-state index in [0.29, 0.717) is 0 Å². The van der Waals surface area contributed by atoms with Crippen molar-refractivity contribution in [1.29, 1.82) is 0 Å². The molecule has 2 rings (SSSR count). The number of hydrogen-bond donors (Lipinski definition) is 2. The zero-order chi connectivity index (χ0) is 10.2. The van der Waals surface area contributed by atoms with Crippen molar-refractivity contribution in [3.05, 3.63) is 20.8 Å². The maximum atomic E-state index is 10.4. The number of rotatable bonds is 2. The summed E-state index contributed by atoms with van der Waals surface area (Å²) in [4.78, 5) is 1.03. The summed E-state index contributed by atoms with van der Waals surface area (Å²) in [6.45, 7) is 2.92. The summed E-state index contributed by atoms with van der Waals surface area (Å²) in [5.74, 6) is 0. The van der Waals surface area contributed by atoms with E-state index in [1.165, 1.54) is 0 Å². The molecule has 0 bridgehead atoms. The second kappa shape index (κ2) is 3.93. The van der Waals surface area contributed by atoms with Gasteiger partial charge in [-0.05, 0) is 48.3 Å². The fraction of sp³-hybridized carbons (Fsp3) is 0.600. The molecule has 1 aliphatic heterocycles. The Morgan fingerprint density at radius 2 is 2.50 bits per heavy atom. The lowest BCUT2D eigenvalue weighted by Crippen LogP contribution is -2.42. The highest BCUT2D eigenvalue weighted by Gasteiger charge is 2.36. The van der Waals surface area contributed by atoms with Crippen LogP contribution in [0.1, 0.15) is 24.6 Å². The van der Waals surface area contributed by atoms with Gasteiger partial charge in [0.1, 0.15) is 5.60 Å². The highest BCUT2D eigenvalue weighted by Crippen LogP contribution is 2.34. The Hall–Kier alpha value is 0.1000. The lowest BCUT2D eigenvalue weighted by molar-refractivity contribution is 0.0254. The molecule has 2 atom stereocenters. The molecule has 2 heterocycles. The molecule has 1 aliphatic rings. The Morgan fingerprint density at radius 1 is 1.71 bits per heavy atom. The zero-order valence-electron chi connectivity index (χ0n) is 8.09. The molecule has 0 aromatic carbocycles. The van der Waals surface area contributed by atoms with Gasteiger partial charge in [0.05, 0.1) is 0 Å². The van der Waals surface area contributed by atoms with Crippen LogP contribution < -0.4 is 5.32 Å². The molecule has 1 fully saturated rings. The maximum Gasteiger partial charge on any atom is 0.111 e. The standard InChI is InChI=1S/C10H14BrNOS/c1-10(13,8-3-2-4-12-8)9-5-7(11)6-14-9/h5-6,8,12-13H,2-4H2,1H3. The van der Waals surface area contributed by atoms with Gasteiger partial charge in [-0.1, -0.05) is 0 Å². The van der Waals surface area contributed by atoms with Crippen molar-refractivity contribution < 1.29 is 5.11 Å². The van der Waals surface area contributed by atoms with Crippen molar-refractivity contribution in [3.63, 3.8) is 0 Å². The van der Waals surface area contributed by atoms with Gasteiger partial charge in [-0.2, -0.15) is 0 Å². The molecule has 78 valence electrons. The van der Waals surface area contributed by atoms with Gasteiger partial charge < -0.3 is 10.4 Å². The fourth-order valence-electron chi connectivity index (χ4n) is 1.91. The first-order valence-electron chi connectivity index (χ1n) is 4.81. The van der Waals surface area contributed by atoms with Gasteiger partial charge in [-0.25, -0.2) is 0 Å². The summed E-state index contributed by atoms with van der Waals surface area (Å²) < 4.78 is 1.05. The summed E-state index contributed by atoms with van der Waals surface area (Å²) in [6.07, 6.45) is 2.22. The van der Waals surface area contributed by atoms with Gasteiger partial charge in [0.25, 0.3) is 0 Å². The molecule has 2 unspecified atom stereocenters. The monoisotopic (exact) mass is 275 g/mol. The number of aliphatic hydroxyl groups is 1. The van der Waals surface area contributed by atoms with E-state index >= 15 is 0 Å². The second-order valence-corrected chi connectivity index (χ2v) is 5.75. The van der Waals surface area contributed by atoms with Gasteiger partial charge in [0.2, 0.25) is 0 Å². The number of hydrogen-bond acceptors (Lipinski definition) is 3. The minimum atomic E-state index is -0.729. The maximum absolute atomic E-state index is 10.4. The van der Waals surface area contributed by atoms with Gasteiger partial charge >= 0.3 is 0 Å². The summed E-state index contributed by atoms with van der Waals surface area (Å²) >= 11 is 5.02. The first-order chi connectivity index (χ1) is 6.60. The van der Waals surface area contributed by atoms with Crippen molar-refractivity contribution >= 4 is 27.3 Å². The van der Waals surface area contributed by atoms with E-state index in [2.05, 4.69) is 21.2 Å². The highest BCUT2D eigenvalue weighted by molar-refractivity contribution is 9.10. The summed E-state index contributed by atoms with van der Waals surface area (Å²) in [6, 6.07) is 2.21. The molecule has 0 aliphatic carbocycles. The van der Waals surface area contributed by atoms with Crippen LogP contribution in [0.4, 0.5) is 0 Å². The van der Waals surface area contributed by atoms with Crippen LogP contribution in [-0.2, 0) is 5.60 Å². The van der Waals surface area contributed by atoms with E-state index in [-0.39, 0.29) is 6.04 Å². The van der Waals surface area contributed by atoms with Gasteiger partial charge in [-0.3, -0.25) is 0 Å². The molecule has 1 saturated heterocycles. The molecule has 1 aromatic heterocycles. The largest absolute Gasteiger partial charge is 0.383 e. The molecule has 0 amide bonds. The topological polar surface area (TPSA) is 32.3 Å². The Bertz CT molecular complexity index is 318. The smallest absolute Gasteiger partial charge is 0.111 e. The van der Waals surface area contributed by atoms with Crippen LogP contribution in [0.2, 0.25) is 0 Å². The molecule has 0 saturated carbocycles. The minimum absolute atomic E-state index is 0.202. The van der Waals surface area contributed by atoms with Crippen LogP contribution in [-0.4, -0.2) is 17.7 Å². The summed E-state index contributed by atoms with van der Waals surface area (Å²) in [7, 11) is 0. The van der Waals surface area contributed by atoms with Crippen LogP contribution in [0.5, 0.6) is 0 Å². The highest BCUT2D eigenvalue weighted by atomic mass is 79.9. The number of thiophene rings is 1. The van der Waals surface area contributed by atoms with Crippen molar-refractivity contribution in [2.24, 2.45) is 0 Å². The van der Waals surface area contributed by atoms with Gasteiger partial charge in [-0.15, -0.1) is 11.3 Å². The Kier molecular flexibility index (Phi) is 2.98. The molecule has 2 nitrogen and oxygen atoms in total. The predicted octanol–water partition coefficient (Wildman–Crippen LogP) is 2.47. The molecular formula is C10H14BrNOS. The van der Waals surface area contributed by atoms with E-state index in [1.807, 2.05) is 18.4 Å². The van der Waals surface area contributed by atoms with Gasteiger partial charge in [0.15, 0.2) is 0 Å². The Morgan fingerprint density at radius 3 is 3.00 bits per heavy atom. The molecule has 14 heavy (non-hydrogen) atoms. The number of nitrogens with one attached hydrogen (secondary N) is 1. The van der Waals surface area contributed by atoms with E-state index in [0.717, 1.165) is 28.7 Å². The third-order valence-corrected chi connectivity index (χ3v) is 4.72. The molecule has 0 radical (unpaired) electrons. The van der Waals surface area contributed by atoms with Crippen molar-refractivity contribution in [3.8, 4) is 0 Å². The average Bonchev–Trinajstić information content (AvgIpc) is 2.72. The molecule has 1 aromatic rings. The van der Waals surface area contributed by atoms with E-state index < -0.39 is 5.60 Å². The van der Waals surface area contributed by atoms with E-state index in [1.54, 1.807) is 11.3 Å². The lowest BCUT2D eigenvalue weighted by Gasteiger charge is -2.29. The molecule has 4 heteroatoms. The fourth-order valence-corrected chi connectivity index (χ4v) is 3.46. The third-order valence-electron chi connectivity index (χ3n) is 2.81. The van der Waals surface area contributed by atoms with Crippen molar-refractivity contribution in [2.75, 3.05) is 6.54 Å².